The third-order valence-electron chi connectivity index (χ3n) is 5.98. The quantitative estimate of drug-likeness (QED) is 0.694. The van der Waals surface area contributed by atoms with Crippen molar-refractivity contribution in [3.63, 3.8) is 0 Å². The Kier molecular flexibility index (Phi) is 7.17. The lowest BCUT2D eigenvalue weighted by Crippen LogP contribution is -2.67. The molecule has 1 aliphatic rings. The Hall–Kier alpha value is -2.15. The van der Waals surface area contributed by atoms with Gasteiger partial charge in [-0.15, -0.1) is 0 Å². The fraction of sp³-hybridized carbons (Fsp3) is 0.500. The fourth-order valence-electron chi connectivity index (χ4n) is 4.62. The summed E-state index contributed by atoms with van der Waals surface area (Å²) in [6.45, 7) is 12.6. The number of rotatable bonds is 5. The Morgan fingerprint density at radius 1 is 0.969 bits per heavy atom. The van der Waals surface area contributed by atoms with E-state index >= 15 is 0 Å². The van der Waals surface area contributed by atoms with Crippen LogP contribution in [0, 0.1) is 0 Å². The molecule has 0 aromatic heterocycles. The zero-order chi connectivity index (χ0) is 23.6. The predicted molar refractivity (Wildman–Crippen MR) is 131 cm³/mol. The number of likely N-dealkylation sites (tertiary alicyclic amines) is 1. The van der Waals surface area contributed by atoms with Crippen LogP contribution in [-0.4, -0.2) is 55.3 Å². The summed E-state index contributed by atoms with van der Waals surface area (Å²) in [6, 6.07) is 20.6. The van der Waals surface area contributed by atoms with Gasteiger partial charge in [-0.1, -0.05) is 81.4 Å². The van der Waals surface area contributed by atoms with Crippen molar-refractivity contribution >= 4 is 24.8 Å². The molecule has 1 N–H and O–H groups in total. The zero-order valence-electron chi connectivity index (χ0n) is 20.2. The molecule has 6 heteroatoms. The Morgan fingerprint density at radius 2 is 1.47 bits per heavy atom. The summed E-state index contributed by atoms with van der Waals surface area (Å²) in [6.07, 6.45) is -0.00340. The van der Waals surface area contributed by atoms with Crippen molar-refractivity contribution in [2.24, 2.45) is 0 Å². The first kappa shape index (κ1) is 24.5. The van der Waals surface area contributed by atoms with Gasteiger partial charge in [0.1, 0.15) is 5.60 Å². The Balaban J connectivity index is 2.00. The first-order valence-electron chi connectivity index (χ1n) is 11.4. The molecule has 0 bridgehead atoms. The Morgan fingerprint density at radius 3 is 1.88 bits per heavy atom. The number of hydrogen-bond acceptors (Lipinski definition) is 4. The molecule has 0 unspecified atom stereocenters. The molecule has 0 saturated carbocycles. The number of ether oxygens (including phenoxy) is 1. The Labute approximate surface area is 193 Å². The van der Waals surface area contributed by atoms with Gasteiger partial charge < -0.3 is 19.2 Å². The molecular formula is C26H37NO4Si. The molecular weight excluding hydrogens is 418 g/mol. The molecule has 1 heterocycles. The highest BCUT2D eigenvalue weighted by Gasteiger charge is 2.53. The summed E-state index contributed by atoms with van der Waals surface area (Å²) in [7, 11) is -2.73. The summed E-state index contributed by atoms with van der Waals surface area (Å²) < 4.78 is 12.8. The summed E-state index contributed by atoms with van der Waals surface area (Å²) in [4.78, 5) is 14.5. The average molecular weight is 456 g/mol. The lowest BCUT2D eigenvalue weighted by molar-refractivity contribution is 0.0164. The van der Waals surface area contributed by atoms with Crippen LogP contribution in [0.4, 0.5) is 4.79 Å². The molecule has 1 fully saturated rings. The van der Waals surface area contributed by atoms with Gasteiger partial charge in [-0.05, 0) is 42.6 Å². The molecule has 1 amide bonds. The highest BCUT2D eigenvalue weighted by Crippen LogP contribution is 2.39. The molecule has 2 aromatic carbocycles. The molecule has 0 spiro atoms. The van der Waals surface area contributed by atoms with Crippen LogP contribution in [0.25, 0.3) is 0 Å². The number of benzene rings is 2. The van der Waals surface area contributed by atoms with E-state index in [-0.39, 0.29) is 23.8 Å². The van der Waals surface area contributed by atoms with Gasteiger partial charge in [-0.3, -0.25) is 0 Å². The maximum Gasteiger partial charge on any atom is 0.410 e. The number of nitrogens with zero attached hydrogens (tertiary/aromatic N) is 1. The smallest absolute Gasteiger partial charge is 0.410 e. The van der Waals surface area contributed by atoms with Crippen molar-refractivity contribution in [3.05, 3.63) is 60.7 Å². The van der Waals surface area contributed by atoms with Crippen LogP contribution >= 0.6 is 0 Å². The van der Waals surface area contributed by atoms with E-state index in [9.17, 15) is 9.90 Å². The number of carbonyl (C=O) groups excluding carboxylic acids is 1. The second-order valence-corrected chi connectivity index (χ2v) is 14.9. The summed E-state index contributed by atoms with van der Waals surface area (Å²) >= 11 is 0. The molecule has 174 valence electrons. The number of carbonyl (C=O) groups is 1. The molecule has 3 rings (SSSR count). The minimum atomic E-state index is -2.73. The van der Waals surface area contributed by atoms with Crippen molar-refractivity contribution in [3.8, 4) is 0 Å². The monoisotopic (exact) mass is 455 g/mol. The van der Waals surface area contributed by atoms with E-state index in [4.69, 9.17) is 9.16 Å². The molecule has 2 atom stereocenters. The second kappa shape index (κ2) is 9.38. The standard InChI is InChI=1S/C26H37NO4Si/c1-25(2,3)30-24(29)27-18-21(17-20(27)19-28)31-32(26(4,5)6,22-13-9-7-10-14-22)23-15-11-8-12-16-23/h7-16,20-21,28H,17-19H2,1-6H3/t20-,21+/m0/s1. The lowest BCUT2D eigenvalue weighted by Gasteiger charge is -2.44. The van der Waals surface area contributed by atoms with E-state index in [0.717, 1.165) is 0 Å². The normalized spacial score (nSPS) is 19.8. The van der Waals surface area contributed by atoms with E-state index < -0.39 is 20.0 Å². The van der Waals surface area contributed by atoms with E-state index in [1.165, 1.54) is 10.4 Å². The topological polar surface area (TPSA) is 59.0 Å². The Bertz CT molecular complexity index is 850. The largest absolute Gasteiger partial charge is 0.444 e. The van der Waals surface area contributed by atoms with Crippen molar-refractivity contribution in [1.29, 1.82) is 0 Å². The highest BCUT2D eigenvalue weighted by atomic mass is 28.4. The summed E-state index contributed by atoms with van der Waals surface area (Å²) in [5.41, 5.74) is -0.589. The minimum Gasteiger partial charge on any atom is -0.444 e. The van der Waals surface area contributed by atoms with Gasteiger partial charge in [-0.2, -0.15) is 0 Å². The van der Waals surface area contributed by atoms with Crippen molar-refractivity contribution in [2.45, 2.75) is 70.7 Å². The maximum atomic E-state index is 12.8. The van der Waals surface area contributed by atoms with Gasteiger partial charge >= 0.3 is 6.09 Å². The van der Waals surface area contributed by atoms with E-state index in [1.54, 1.807) is 4.90 Å². The van der Waals surface area contributed by atoms with Crippen molar-refractivity contribution in [1.82, 2.24) is 4.90 Å². The maximum absolute atomic E-state index is 12.8. The first-order valence-corrected chi connectivity index (χ1v) is 13.3. The van der Waals surface area contributed by atoms with Crippen molar-refractivity contribution in [2.75, 3.05) is 13.2 Å². The molecule has 1 saturated heterocycles. The van der Waals surface area contributed by atoms with E-state index in [2.05, 4.69) is 69.3 Å². The molecule has 1 aliphatic heterocycles. The van der Waals surface area contributed by atoms with E-state index in [1.807, 2.05) is 32.9 Å². The summed E-state index contributed by atoms with van der Waals surface area (Å²) in [5.74, 6) is 0. The predicted octanol–water partition coefficient (Wildman–Crippen LogP) is 3.93. The molecule has 5 nitrogen and oxygen atoms in total. The van der Waals surface area contributed by atoms with Gasteiger partial charge in [-0.25, -0.2) is 4.79 Å². The number of aliphatic hydroxyl groups is 1. The molecule has 2 aromatic rings. The SMILES string of the molecule is CC(C)(C)OC(=O)N1C[C@H](O[Si](c2ccccc2)(c2ccccc2)C(C)(C)C)C[C@H]1CO. The van der Waals surface area contributed by atoms with Gasteiger partial charge in [0, 0.05) is 6.54 Å². The third kappa shape index (κ3) is 5.08. The number of aliphatic hydroxyl groups excluding tert-OH is 1. The minimum absolute atomic E-state index is 0.111. The van der Waals surface area contributed by atoms with Gasteiger partial charge in [0.25, 0.3) is 8.32 Å². The van der Waals surface area contributed by atoms with Crippen LogP contribution in [0.1, 0.15) is 48.0 Å². The van der Waals surface area contributed by atoms with E-state index in [0.29, 0.717) is 13.0 Å². The van der Waals surface area contributed by atoms with Gasteiger partial charge in [0.05, 0.1) is 18.8 Å². The van der Waals surface area contributed by atoms with Gasteiger partial charge in [0.2, 0.25) is 0 Å². The van der Waals surface area contributed by atoms with Crippen LogP contribution in [0.3, 0.4) is 0 Å². The lowest BCUT2D eigenvalue weighted by atomic mass is 10.2. The fourth-order valence-corrected chi connectivity index (χ4v) is 9.30. The number of amides is 1. The third-order valence-corrected chi connectivity index (χ3v) is 11.1. The highest BCUT2D eigenvalue weighted by molar-refractivity contribution is 6.99. The van der Waals surface area contributed by atoms with Gasteiger partial charge in [0.15, 0.2) is 0 Å². The van der Waals surface area contributed by atoms with Crippen LogP contribution in [0.5, 0.6) is 0 Å². The molecule has 0 aliphatic carbocycles. The zero-order valence-corrected chi connectivity index (χ0v) is 21.2. The molecule has 0 radical (unpaired) electrons. The van der Waals surface area contributed by atoms with Crippen molar-refractivity contribution < 1.29 is 19.1 Å². The average Bonchev–Trinajstić information content (AvgIpc) is 3.14. The summed E-state index contributed by atoms with van der Waals surface area (Å²) in [5, 5.41) is 12.3. The number of hydrogen-bond donors (Lipinski definition) is 1. The second-order valence-electron chi connectivity index (χ2n) is 10.6. The van der Waals surface area contributed by atoms with Crippen LogP contribution < -0.4 is 10.4 Å². The van der Waals surface area contributed by atoms with Crippen LogP contribution in [0.2, 0.25) is 5.04 Å². The van der Waals surface area contributed by atoms with Crippen LogP contribution in [0.15, 0.2) is 60.7 Å². The van der Waals surface area contributed by atoms with Crippen LogP contribution in [-0.2, 0) is 9.16 Å². The molecule has 32 heavy (non-hydrogen) atoms. The first-order chi connectivity index (χ1) is 15.0.